The van der Waals surface area contributed by atoms with Crippen LogP contribution in [0.4, 0.5) is 14.5 Å². The zero-order valence-corrected chi connectivity index (χ0v) is 11.6. The van der Waals surface area contributed by atoms with Crippen molar-refractivity contribution in [2.75, 3.05) is 12.3 Å². The van der Waals surface area contributed by atoms with E-state index in [1.54, 1.807) is 0 Å². The van der Waals surface area contributed by atoms with Gasteiger partial charge in [0.2, 0.25) is 0 Å². The van der Waals surface area contributed by atoms with E-state index in [0.717, 1.165) is 30.9 Å². The molecule has 1 aliphatic carbocycles. The number of anilines is 1. The zero-order chi connectivity index (χ0) is 14.7. The van der Waals surface area contributed by atoms with Gasteiger partial charge >= 0.3 is 0 Å². The molecule has 1 aromatic rings. The number of benzene rings is 1. The number of halogens is 2. The highest BCUT2D eigenvalue weighted by molar-refractivity contribution is 5.94. The standard InChI is InChI=1S/C15H20F2N2O/c1-9-2-4-10(5-3-9)8-19-15(20)11-6-12(16)14(18)13(17)7-11/h6-7,9-10H,2-5,8,18H2,1H3,(H,19,20). The summed E-state index contributed by atoms with van der Waals surface area (Å²) in [4.78, 5) is 11.9. The molecule has 0 radical (unpaired) electrons. The van der Waals surface area contributed by atoms with Crippen LogP contribution in [0.3, 0.4) is 0 Å². The third-order valence-electron chi connectivity index (χ3n) is 4.03. The van der Waals surface area contributed by atoms with E-state index in [2.05, 4.69) is 12.2 Å². The van der Waals surface area contributed by atoms with Crippen LogP contribution in [0.2, 0.25) is 0 Å². The van der Waals surface area contributed by atoms with E-state index in [1.165, 1.54) is 12.8 Å². The lowest BCUT2D eigenvalue weighted by molar-refractivity contribution is 0.0941. The van der Waals surface area contributed by atoms with E-state index in [4.69, 9.17) is 5.73 Å². The normalized spacial score (nSPS) is 22.6. The monoisotopic (exact) mass is 282 g/mol. The highest BCUT2D eigenvalue weighted by Crippen LogP contribution is 2.27. The Morgan fingerprint density at radius 2 is 1.80 bits per heavy atom. The maximum absolute atomic E-state index is 13.3. The van der Waals surface area contributed by atoms with Gasteiger partial charge in [0.05, 0.1) is 0 Å². The largest absolute Gasteiger partial charge is 0.394 e. The Labute approximate surface area is 117 Å². The van der Waals surface area contributed by atoms with Gasteiger partial charge in [-0.25, -0.2) is 8.78 Å². The average molecular weight is 282 g/mol. The number of carbonyl (C=O) groups excluding carboxylic acids is 1. The van der Waals surface area contributed by atoms with Crippen molar-refractivity contribution in [1.29, 1.82) is 0 Å². The summed E-state index contributed by atoms with van der Waals surface area (Å²) >= 11 is 0. The molecule has 0 bridgehead atoms. The minimum Gasteiger partial charge on any atom is -0.394 e. The van der Waals surface area contributed by atoms with Gasteiger partial charge in [-0.05, 0) is 36.8 Å². The topological polar surface area (TPSA) is 55.1 Å². The van der Waals surface area contributed by atoms with Crippen LogP contribution < -0.4 is 11.1 Å². The smallest absolute Gasteiger partial charge is 0.251 e. The molecule has 2 rings (SSSR count). The molecule has 3 nitrogen and oxygen atoms in total. The molecular formula is C15H20F2N2O. The lowest BCUT2D eigenvalue weighted by Gasteiger charge is -2.26. The zero-order valence-electron chi connectivity index (χ0n) is 11.6. The van der Waals surface area contributed by atoms with Gasteiger partial charge in [-0.15, -0.1) is 0 Å². The molecule has 0 aliphatic heterocycles. The first-order valence-electron chi connectivity index (χ1n) is 7.00. The number of hydrogen-bond donors (Lipinski definition) is 2. The molecule has 20 heavy (non-hydrogen) atoms. The van der Waals surface area contributed by atoms with Gasteiger partial charge in [0.15, 0.2) is 0 Å². The van der Waals surface area contributed by atoms with Crippen LogP contribution in [0.25, 0.3) is 0 Å². The molecule has 1 amide bonds. The van der Waals surface area contributed by atoms with E-state index in [0.29, 0.717) is 12.5 Å². The quantitative estimate of drug-likeness (QED) is 0.837. The SMILES string of the molecule is CC1CCC(CNC(=O)c2cc(F)c(N)c(F)c2)CC1. The van der Waals surface area contributed by atoms with Crippen molar-refractivity contribution >= 4 is 11.6 Å². The summed E-state index contributed by atoms with van der Waals surface area (Å²) in [5.74, 6) is -1.05. The molecule has 1 fully saturated rings. The van der Waals surface area contributed by atoms with Crippen molar-refractivity contribution < 1.29 is 13.6 Å². The number of nitrogens with one attached hydrogen (secondary N) is 1. The van der Waals surface area contributed by atoms with Crippen LogP contribution in [0.5, 0.6) is 0 Å². The van der Waals surface area contributed by atoms with Crippen LogP contribution in [-0.2, 0) is 0 Å². The van der Waals surface area contributed by atoms with Gasteiger partial charge < -0.3 is 11.1 Å². The molecule has 1 aromatic carbocycles. The highest BCUT2D eigenvalue weighted by Gasteiger charge is 2.19. The molecule has 0 spiro atoms. The second-order valence-corrected chi connectivity index (χ2v) is 5.69. The minimum absolute atomic E-state index is 0.0293. The Morgan fingerprint density at radius 1 is 1.25 bits per heavy atom. The van der Waals surface area contributed by atoms with E-state index in [-0.39, 0.29) is 5.56 Å². The Morgan fingerprint density at radius 3 is 2.35 bits per heavy atom. The van der Waals surface area contributed by atoms with Crippen molar-refractivity contribution in [2.45, 2.75) is 32.6 Å². The summed E-state index contributed by atoms with van der Waals surface area (Å²) in [6.45, 7) is 2.79. The van der Waals surface area contributed by atoms with Gasteiger partial charge in [0.1, 0.15) is 17.3 Å². The van der Waals surface area contributed by atoms with E-state index >= 15 is 0 Å². The predicted octanol–water partition coefficient (Wildman–Crippen LogP) is 3.10. The van der Waals surface area contributed by atoms with Gasteiger partial charge in [0, 0.05) is 12.1 Å². The van der Waals surface area contributed by atoms with Crippen molar-refractivity contribution in [2.24, 2.45) is 11.8 Å². The van der Waals surface area contributed by atoms with Crippen molar-refractivity contribution in [3.05, 3.63) is 29.3 Å². The fraction of sp³-hybridized carbons (Fsp3) is 0.533. The Bertz CT molecular complexity index is 474. The van der Waals surface area contributed by atoms with E-state index < -0.39 is 23.2 Å². The summed E-state index contributed by atoms with van der Waals surface area (Å²) < 4.78 is 26.6. The molecule has 1 saturated carbocycles. The van der Waals surface area contributed by atoms with Gasteiger partial charge in [-0.1, -0.05) is 19.8 Å². The summed E-state index contributed by atoms with van der Waals surface area (Å²) in [5.41, 5.74) is 4.59. The van der Waals surface area contributed by atoms with Crippen LogP contribution in [0.15, 0.2) is 12.1 Å². The Hall–Kier alpha value is -1.65. The molecule has 0 unspecified atom stereocenters. The van der Waals surface area contributed by atoms with Crippen molar-refractivity contribution in [1.82, 2.24) is 5.32 Å². The first kappa shape index (κ1) is 14.8. The highest BCUT2D eigenvalue weighted by atomic mass is 19.1. The molecule has 0 heterocycles. The fourth-order valence-corrected chi connectivity index (χ4v) is 2.59. The number of carbonyl (C=O) groups is 1. The number of amides is 1. The molecule has 0 aromatic heterocycles. The van der Waals surface area contributed by atoms with Crippen LogP contribution in [0.1, 0.15) is 43.0 Å². The Balaban J connectivity index is 1.92. The first-order valence-corrected chi connectivity index (χ1v) is 7.00. The second kappa shape index (κ2) is 6.20. The van der Waals surface area contributed by atoms with Crippen LogP contribution in [-0.4, -0.2) is 12.5 Å². The summed E-state index contributed by atoms with van der Waals surface area (Å²) in [6, 6.07) is 1.94. The third kappa shape index (κ3) is 3.46. The van der Waals surface area contributed by atoms with Crippen molar-refractivity contribution in [3.8, 4) is 0 Å². The molecule has 5 heteroatoms. The minimum atomic E-state index is -0.901. The van der Waals surface area contributed by atoms with E-state index in [1.807, 2.05) is 0 Å². The summed E-state index contributed by atoms with van der Waals surface area (Å²) in [7, 11) is 0. The van der Waals surface area contributed by atoms with Gasteiger partial charge in [-0.2, -0.15) is 0 Å². The third-order valence-corrected chi connectivity index (χ3v) is 4.03. The molecule has 110 valence electrons. The van der Waals surface area contributed by atoms with Crippen molar-refractivity contribution in [3.63, 3.8) is 0 Å². The Kier molecular flexibility index (Phi) is 4.57. The lowest BCUT2D eigenvalue weighted by atomic mass is 9.83. The van der Waals surface area contributed by atoms with Crippen LogP contribution >= 0.6 is 0 Å². The fourth-order valence-electron chi connectivity index (χ4n) is 2.59. The molecule has 3 N–H and O–H groups in total. The van der Waals surface area contributed by atoms with Gasteiger partial charge in [-0.3, -0.25) is 4.79 Å². The van der Waals surface area contributed by atoms with Crippen LogP contribution in [0, 0.1) is 23.5 Å². The number of nitrogen functional groups attached to an aromatic ring is 1. The number of rotatable bonds is 3. The first-order chi connectivity index (χ1) is 9.47. The van der Waals surface area contributed by atoms with E-state index in [9.17, 15) is 13.6 Å². The molecule has 0 atom stereocenters. The van der Waals surface area contributed by atoms with Gasteiger partial charge in [0.25, 0.3) is 5.91 Å². The maximum Gasteiger partial charge on any atom is 0.251 e. The average Bonchev–Trinajstić information content (AvgIpc) is 2.43. The molecular weight excluding hydrogens is 262 g/mol. The lowest BCUT2D eigenvalue weighted by Crippen LogP contribution is -2.31. The summed E-state index contributed by atoms with van der Waals surface area (Å²) in [5, 5.41) is 2.74. The molecule has 0 saturated heterocycles. The number of nitrogens with two attached hydrogens (primary N) is 1. The predicted molar refractivity (Wildman–Crippen MR) is 74.2 cm³/mol. The second-order valence-electron chi connectivity index (χ2n) is 5.69. The molecule has 1 aliphatic rings. The maximum atomic E-state index is 13.3. The summed E-state index contributed by atoms with van der Waals surface area (Å²) in [6.07, 6.45) is 4.52. The number of hydrogen-bond acceptors (Lipinski definition) is 2.